The SMILES string of the molecule is COc1cc(OC)nc(NC(=O)NS(=O)(=O)c2cnc3sccn23)n1. The van der Waals surface area contributed by atoms with Crippen molar-refractivity contribution in [3.05, 3.63) is 23.8 Å². The fraction of sp³-hybridized carbons (Fsp3) is 0.167. The van der Waals surface area contributed by atoms with E-state index in [4.69, 9.17) is 9.47 Å². The first kappa shape index (κ1) is 16.9. The van der Waals surface area contributed by atoms with E-state index in [-0.39, 0.29) is 22.7 Å². The summed E-state index contributed by atoms with van der Waals surface area (Å²) in [7, 11) is -1.38. The lowest BCUT2D eigenvalue weighted by Crippen LogP contribution is -2.35. The van der Waals surface area contributed by atoms with Gasteiger partial charge in [0.25, 0.3) is 10.0 Å². The van der Waals surface area contributed by atoms with Crippen LogP contribution >= 0.6 is 11.3 Å². The van der Waals surface area contributed by atoms with E-state index >= 15 is 0 Å². The van der Waals surface area contributed by atoms with Crippen molar-refractivity contribution in [3.63, 3.8) is 0 Å². The molecular weight excluding hydrogens is 372 g/mol. The average molecular weight is 384 g/mol. The molecule has 0 unspecified atom stereocenters. The Hall–Kier alpha value is -2.93. The van der Waals surface area contributed by atoms with Gasteiger partial charge in [0.05, 0.1) is 26.5 Å². The lowest BCUT2D eigenvalue weighted by Gasteiger charge is -2.09. The fourth-order valence-electron chi connectivity index (χ4n) is 1.87. The molecule has 0 aromatic carbocycles. The van der Waals surface area contributed by atoms with Crippen LogP contribution in [0.4, 0.5) is 10.7 Å². The number of amides is 2. The van der Waals surface area contributed by atoms with Crippen LogP contribution in [0.25, 0.3) is 4.96 Å². The van der Waals surface area contributed by atoms with Crippen LogP contribution in [0.5, 0.6) is 11.8 Å². The number of hydrogen-bond acceptors (Lipinski definition) is 9. The topological polar surface area (TPSA) is 137 Å². The van der Waals surface area contributed by atoms with Crippen molar-refractivity contribution in [3.8, 4) is 11.8 Å². The van der Waals surface area contributed by atoms with E-state index in [9.17, 15) is 13.2 Å². The Morgan fingerprint density at radius 2 is 1.92 bits per heavy atom. The Bertz CT molecular complexity index is 1010. The summed E-state index contributed by atoms with van der Waals surface area (Å²) in [6.07, 6.45) is 2.70. The second-order valence-electron chi connectivity index (χ2n) is 4.49. The summed E-state index contributed by atoms with van der Waals surface area (Å²) in [6.45, 7) is 0. The van der Waals surface area contributed by atoms with E-state index in [1.807, 2.05) is 4.72 Å². The number of imidazole rings is 1. The molecule has 2 N–H and O–H groups in total. The number of thiazole rings is 1. The molecule has 0 spiro atoms. The summed E-state index contributed by atoms with van der Waals surface area (Å²) in [4.78, 5) is 24.2. The molecule has 25 heavy (non-hydrogen) atoms. The van der Waals surface area contributed by atoms with Gasteiger partial charge in [-0.25, -0.2) is 14.5 Å². The second-order valence-corrected chi connectivity index (χ2v) is 6.99. The first-order valence-electron chi connectivity index (χ1n) is 6.64. The van der Waals surface area contributed by atoms with Crippen LogP contribution in [-0.2, 0) is 10.0 Å². The minimum atomic E-state index is -4.14. The van der Waals surface area contributed by atoms with Gasteiger partial charge in [0.1, 0.15) is 0 Å². The van der Waals surface area contributed by atoms with Crippen LogP contribution in [0.1, 0.15) is 0 Å². The molecule has 11 nitrogen and oxygen atoms in total. The molecule has 0 bridgehead atoms. The molecular formula is C12H12N6O5S2. The van der Waals surface area contributed by atoms with E-state index in [0.29, 0.717) is 4.96 Å². The molecule has 0 aliphatic rings. The largest absolute Gasteiger partial charge is 0.481 e. The average Bonchev–Trinajstić information content (AvgIpc) is 3.16. The van der Waals surface area contributed by atoms with E-state index in [1.54, 1.807) is 5.38 Å². The highest BCUT2D eigenvalue weighted by Gasteiger charge is 2.23. The van der Waals surface area contributed by atoms with Gasteiger partial charge in [0.2, 0.25) is 17.7 Å². The molecule has 0 saturated heterocycles. The zero-order valence-electron chi connectivity index (χ0n) is 13.0. The van der Waals surface area contributed by atoms with Crippen molar-refractivity contribution >= 4 is 38.3 Å². The number of anilines is 1. The maximum Gasteiger partial charge on any atom is 0.335 e. The Morgan fingerprint density at radius 1 is 1.24 bits per heavy atom. The highest BCUT2D eigenvalue weighted by Crippen LogP contribution is 2.18. The molecule has 0 saturated carbocycles. The van der Waals surface area contributed by atoms with Crippen molar-refractivity contribution in [2.75, 3.05) is 19.5 Å². The monoisotopic (exact) mass is 384 g/mol. The second kappa shape index (κ2) is 6.52. The van der Waals surface area contributed by atoms with Crippen molar-refractivity contribution in [2.24, 2.45) is 0 Å². The Balaban J connectivity index is 1.79. The predicted molar refractivity (Wildman–Crippen MR) is 87.5 cm³/mol. The summed E-state index contributed by atoms with van der Waals surface area (Å²) in [5, 5.41) is 3.73. The summed E-state index contributed by atoms with van der Waals surface area (Å²) >= 11 is 1.27. The number of urea groups is 1. The van der Waals surface area contributed by atoms with Gasteiger partial charge in [-0.15, -0.1) is 11.3 Å². The Morgan fingerprint density at radius 3 is 2.56 bits per heavy atom. The molecule has 0 aliphatic carbocycles. The third kappa shape index (κ3) is 3.46. The van der Waals surface area contributed by atoms with Gasteiger partial charge in [-0.1, -0.05) is 0 Å². The molecule has 3 rings (SSSR count). The highest BCUT2D eigenvalue weighted by atomic mass is 32.2. The number of fused-ring (bicyclic) bond motifs is 1. The number of rotatable bonds is 5. The maximum atomic E-state index is 12.3. The van der Waals surface area contributed by atoms with Gasteiger partial charge < -0.3 is 9.47 Å². The number of ether oxygens (including phenoxy) is 2. The Kier molecular flexibility index (Phi) is 4.41. The van der Waals surface area contributed by atoms with E-state index < -0.39 is 16.1 Å². The van der Waals surface area contributed by atoms with Crippen molar-refractivity contribution in [1.82, 2.24) is 24.1 Å². The first-order valence-corrected chi connectivity index (χ1v) is 9.00. The van der Waals surface area contributed by atoms with Crippen LogP contribution in [-0.4, -0.2) is 48.0 Å². The molecule has 0 atom stereocenters. The van der Waals surface area contributed by atoms with Crippen LogP contribution in [0.3, 0.4) is 0 Å². The van der Waals surface area contributed by atoms with Crippen molar-refractivity contribution in [2.45, 2.75) is 5.03 Å². The third-order valence-electron chi connectivity index (χ3n) is 2.94. The minimum absolute atomic E-state index is 0.140. The van der Waals surface area contributed by atoms with Crippen molar-refractivity contribution < 1.29 is 22.7 Å². The van der Waals surface area contributed by atoms with Crippen LogP contribution in [0.2, 0.25) is 0 Å². The number of methoxy groups -OCH3 is 2. The zero-order chi connectivity index (χ0) is 18.0. The van der Waals surface area contributed by atoms with E-state index in [0.717, 1.165) is 6.20 Å². The summed E-state index contributed by atoms with van der Waals surface area (Å²) in [5.74, 6) is 0.0967. The van der Waals surface area contributed by atoms with Gasteiger partial charge in [-0.05, 0) is 0 Å². The van der Waals surface area contributed by atoms with Crippen LogP contribution < -0.4 is 19.5 Å². The number of hydrogen-bond donors (Lipinski definition) is 2. The van der Waals surface area contributed by atoms with Crippen LogP contribution in [0.15, 0.2) is 28.9 Å². The van der Waals surface area contributed by atoms with Gasteiger partial charge in [-0.2, -0.15) is 18.4 Å². The van der Waals surface area contributed by atoms with E-state index in [2.05, 4.69) is 20.3 Å². The molecule has 3 aromatic rings. The maximum absolute atomic E-state index is 12.3. The summed E-state index contributed by atoms with van der Waals surface area (Å²) in [5.41, 5.74) is 0. The minimum Gasteiger partial charge on any atom is -0.481 e. The first-order chi connectivity index (χ1) is 11.9. The number of carbonyl (C=O) groups is 1. The summed E-state index contributed by atoms with van der Waals surface area (Å²) < 4.78 is 37.8. The number of nitrogens with zero attached hydrogens (tertiary/aromatic N) is 4. The molecule has 0 fully saturated rings. The lowest BCUT2D eigenvalue weighted by atomic mass is 10.6. The Labute approximate surface area is 145 Å². The molecule has 132 valence electrons. The number of aromatic nitrogens is 4. The number of carbonyl (C=O) groups excluding carboxylic acids is 1. The summed E-state index contributed by atoms with van der Waals surface area (Å²) in [6, 6.07) is 0.361. The van der Waals surface area contributed by atoms with Crippen molar-refractivity contribution in [1.29, 1.82) is 0 Å². The molecule has 0 radical (unpaired) electrons. The zero-order valence-corrected chi connectivity index (χ0v) is 14.6. The van der Waals surface area contributed by atoms with Gasteiger partial charge in [0.15, 0.2) is 9.99 Å². The molecule has 13 heteroatoms. The standard InChI is InChI=1S/C12H12N6O5S2/c1-22-7-5-8(23-2)15-10(14-7)16-11(19)17-25(20,21)9-6-13-12-18(9)3-4-24-12/h3-6H,1-2H3,(H2,14,15,16,17,19). The van der Waals surface area contributed by atoms with Gasteiger partial charge in [-0.3, -0.25) is 9.72 Å². The van der Waals surface area contributed by atoms with Crippen LogP contribution in [0, 0.1) is 0 Å². The predicted octanol–water partition coefficient (Wildman–Crippen LogP) is 0.713. The molecule has 3 heterocycles. The quantitative estimate of drug-likeness (QED) is 0.656. The number of sulfonamides is 1. The fourth-order valence-corrected chi connectivity index (χ4v) is 3.62. The third-order valence-corrected chi connectivity index (χ3v) is 5.02. The van der Waals surface area contributed by atoms with Gasteiger partial charge in [0, 0.05) is 11.6 Å². The van der Waals surface area contributed by atoms with E-state index in [1.165, 1.54) is 42.2 Å². The highest BCUT2D eigenvalue weighted by molar-refractivity contribution is 7.90. The smallest absolute Gasteiger partial charge is 0.335 e. The molecule has 3 aromatic heterocycles. The molecule has 2 amide bonds. The number of nitrogens with one attached hydrogen (secondary N) is 2. The normalized spacial score (nSPS) is 11.3. The van der Waals surface area contributed by atoms with Gasteiger partial charge >= 0.3 is 6.03 Å². The molecule has 0 aliphatic heterocycles. The lowest BCUT2D eigenvalue weighted by molar-refractivity contribution is 0.256.